The Labute approximate surface area is 242 Å². The lowest BCUT2D eigenvalue weighted by atomic mass is 9.86. The van der Waals surface area contributed by atoms with E-state index in [1.54, 1.807) is 6.07 Å². The fourth-order valence-electron chi connectivity index (χ4n) is 3.93. The van der Waals surface area contributed by atoms with Crippen LogP contribution in [-0.2, 0) is 42.2 Å². The third-order valence-corrected chi connectivity index (χ3v) is 7.36. The summed E-state index contributed by atoms with van der Waals surface area (Å²) in [6.07, 6.45) is -2.11. The number of sulfonamides is 1. The summed E-state index contributed by atoms with van der Waals surface area (Å²) in [5.41, 5.74) is 1.06. The molecule has 0 heterocycles. The molecule has 0 saturated heterocycles. The number of para-hydroxylation sites is 1. The maximum atomic E-state index is 13.7. The van der Waals surface area contributed by atoms with Gasteiger partial charge in [0.1, 0.15) is 11.0 Å². The summed E-state index contributed by atoms with van der Waals surface area (Å²) in [5.74, 6) is -0.526. The van der Waals surface area contributed by atoms with Gasteiger partial charge in [-0.2, -0.15) is 0 Å². The number of amides is 2. The second-order valence-corrected chi connectivity index (χ2v) is 12.4. The summed E-state index contributed by atoms with van der Waals surface area (Å²) in [4.78, 5) is 25.5. The van der Waals surface area contributed by atoms with Crippen molar-refractivity contribution in [2.24, 2.45) is 11.3 Å². The van der Waals surface area contributed by atoms with Crippen molar-refractivity contribution >= 4 is 27.7 Å². The molecule has 1 atom stereocenters. The van der Waals surface area contributed by atoms with E-state index in [1.165, 1.54) is 18.2 Å². The standard InChI is InChI=1S/C31H38N2O7S/c1-23(2)19-40-30(35)33-41(36,37)27-18-12-11-17-26(27)32-29(34)28(39-21-25-15-9-6-10-16-25)31(3,4)22-38-20-24-13-7-5-8-14-24/h5-18,23,28H,19-22H2,1-4H3,(H,32,34)(H,33,35). The lowest BCUT2D eigenvalue weighted by molar-refractivity contribution is -0.141. The Morgan fingerprint density at radius 3 is 2.00 bits per heavy atom. The van der Waals surface area contributed by atoms with E-state index in [-0.39, 0.29) is 36.3 Å². The monoisotopic (exact) mass is 582 g/mol. The van der Waals surface area contributed by atoms with Crippen molar-refractivity contribution in [3.8, 4) is 0 Å². The molecule has 0 aliphatic heterocycles. The Bertz CT molecular complexity index is 1380. The molecule has 220 valence electrons. The number of carbonyl (C=O) groups excluding carboxylic acids is 2. The molecule has 0 fully saturated rings. The van der Waals surface area contributed by atoms with E-state index in [1.807, 2.05) is 93.1 Å². The van der Waals surface area contributed by atoms with Gasteiger partial charge in [-0.15, -0.1) is 0 Å². The molecule has 0 radical (unpaired) electrons. The van der Waals surface area contributed by atoms with Crippen molar-refractivity contribution in [2.45, 2.75) is 51.9 Å². The number of ether oxygens (including phenoxy) is 3. The molecule has 0 aliphatic rings. The molecule has 3 aromatic carbocycles. The second-order valence-electron chi connectivity index (χ2n) is 10.7. The second kappa shape index (κ2) is 14.8. The molecule has 3 rings (SSSR count). The van der Waals surface area contributed by atoms with E-state index in [0.717, 1.165) is 11.1 Å². The van der Waals surface area contributed by atoms with Crippen LogP contribution in [0.3, 0.4) is 0 Å². The van der Waals surface area contributed by atoms with Crippen molar-refractivity contribution in [1.82, 2.24) is 4.72 Å². The fraction of sp³-hybridized carbons (Fsp3) is 0.355. The summed E-state index contributed by atoms with van der Waals surface area (Å²) in [7, 11) is -4.35. The van der Waals surface area contributed by atoms with Crippen LogP contribution in [0.5, 0.6) is 0 Å². The van der Waals surface area contributed by atoms with E-state index < -0.39 is 33.5 Å². The van der Waals surface area contributed by atoms with Crippen molar-refractivity contribution < 1.29 is 32.2 Å². The minimum absolute atomic E-state index is 0.00373. The van der Waals surface area contributed by atoms with Gasteiger partial charge in [-0.25, -0.2) is 17.9 Å². The molecule has 0 spiro atoms. The lowest BCUT2D eigenvalue weighted by Crippen LogP contribution is -2.45. The minimum atomic E-state index is -4.35. The fourth-order valence-corrected chi connectivity index (χ4v) is 4.99. The first-order chi connectivity index (χ1) is 19.5. The van der Waals surface area contributed by atoms with Crippen LogP contribution in [0.25, 0.3) is 0 Å². The normalized spacial score (nSPS) is 12.5. The lowest BCUT2D eigenvalue weighted by Gasteiger charge is -2.33. The average molecular weight is 583 g/mol. The van der Waals surface area contributed by atoms with Crippen LogP contribution in [-0.4, -0.2) is 39.7 Å². The van der Waals surface area contributed by atoms with Crippen LogP contribution in [0, 0.1) is 11.3 Å². The summed E-state index contributed by atoms with van der Waals surface area (Å²) in [6.45, 7) is 8.12. The van der Waals surface area contributed by atoms with Crippen LogP contribution < -0.4 is 10.0 Å². The number of carbonyl (C=O) groups is 2. The van der Waals surface area contributed by atoms with Gasteiger partial charge in [0.15, 0.2) is 0 Å². The molecule has 3 aromatic rings. The first-order valence-corrected chi connectivity index (χ1v) is 14.8. The first kappa shape index (κ1) is 31.8. The molecule has 2 amide bonds. The third kappa shape index (κ3) is 10.00. The van der Waals surface area contributed by atoms with Crippen LogP contribution in [0.4, 0.5) is 10.5 Å². The Kier molecular flexibility index (Phi) is 11.5. The largest absolute Gasteiger partial charge is 0.449 e. The third-order valence-electron chi connectivity index (χ3n) is 5.99. The van der Waals surface area contributed by atoms with E-state index in [0.29, 0.717) is 6.61 Å². The van der Waals surface area contributed by atoms with Gasteiger partial charge in [-0.05, 0) is 29.2 Å². The van der Waals surface area contributed by atoms with Gasteiger partial charge >= 0.3 is 6.09 Å². The van der Waals surface area contributed by atoms with Gasteiger partial charge in [0.25, 0.3) is 15.9 Å². The van der Waals surface area contributed by atoms with E-state index >= 15 is 0 Å². The highest BCUT2D eigenvalue weighted by Crippen LogP contribution is 2.29. The molecule has 10 heteroatoms. The zero-order valence-electron chi connectivity index (χ0n) is 23.8. The van der Waals surface area contributed by atoms with Crippen LogP contribution in [0.15, 0.2) is 89.8 Å². The zero-order chi connectivity index (χ0) is 29.9. The Balaban J connectivity index is 1.79. The van der Waals surface area contributed by atoms with Crippen molar-refractivity contribution in [3.63, 3.8) is 0 Å². The molecular formula is C31H38N2O7S. The van der Waals surface area contributed by atoms with Gasteiger partial charge in [0.05, 0.1) is 32.1 Å². The molecule has 9 nitrogen and oxygen atoms in total. The zero-order valence-corrected chi connectivity index (χ0v) is 24.6. The molecule has 0 aliphatic carbocycles. The quantitative estimate of drug-likeness (QED) is 0.257. The summed E-state index contributed by atoms with van der Waals surface area (Å²) < 4.78 is 45.0. The topological polar surface area (TPSA) is 120 Å². The van der Waals surface area contributed by atoms with Gasteiger partial charge in [-0.1, -0.05) is 100 Å². The Hall–Kier alpha value is -3.73. The number of hydrogen-bond donors (Lipinski definition) is 2. The summed E-state index contributed by atoms with van der Waals surface area (Å²) in [5, 5.41) is 2.70. The Morgan fingerprint density at radius 2 is 1.39 bits per heavy atom. The molecule has 0 bridgehead atoms. The minimum Gasteiger partial charge on any atom is -0.449 e. The molecule has 0 aromatic heterocycles. The summed E-state index contributed by atoms with van der Waals surface area (Å²) in [6, 6.07) is 24.9. The highest BCUT2D eigenvalue weighted by molar-refractivity contribution is 7.90. The maximum absolute atomic E-state index is 13.7. The highest BCUT2D eigenvalue weighted by atomic mass is 32.2. The van der Waals surface area contributed by atoms with Gasteiger partial charge < -0.3 is 19.5 Å². The van der Waals surface area contributed by atoms with E-state index in [9.17, 15) is 18.0 Å². The summed E-state index contributed by atoms with van der Waals surface area (Å²) >= 11 is 0. The van der Waals surface area contributed by atoms with Gasteiger partial charge in [-0.3, -0.25) is 4.79 Å². The average Bonchev–Trinajstić information content (AvgIpc) is 2.93. The SMILES string of the molecule is CC(C)COC(=O)NS(=O)(=O)c1ccccc1NC(=O)C(OCc1ccccc1)C(C)(C)COCc1ccccc1. The number of anilines is 1. The number of hydrogen-bond acceptors (Lipinski definition) is 7. The number of rotatable bonds is 14. The molecular weight excluding hydrogens is 544 g/mol. The molecule has 1 unspecified atom stereocenters. The number of nitrogens with one attached hydrogen (secondary N) is 2. The number of benzene rings is 3. The van der Waals surface area contributed by atoms with Crippen LogP contribution in [0.2, 0.25) is 0 Å². The predicted octanol–water partition coefficient (Wildman–Crippen LogP) is 5.52. The molecule has 0 saturated carbocycles. The van der Waals surface area contributed by atoms with E-state index in [2.05, 4.69) is 5.32 Å². The van der Waals surface area contributed by atoms with Crippen LogP contribution in [0.1, 0.15) is 38.8 Å². The van der Waals surface area contributed by atoms with E-state index in [4.69, 9.17) is 14.2 Å². The maximum Gasteiger partial charge on any atom is 0.421 e. The molecule has 2 N–H and O–H groups in total. The van der Waals surface area contributed by atoms with Gasteiger partial charge in [0, 0.05) is 5.41 Å². The van der Waals surface area contributed by atoms with Crippen molar-refractivity contribution in [2.75, 3.05) is 18.5 Å². The van der Waals surface area contributed by atoms with Crippen molar-refractivity contribution in [3.05, 3.63) is 96.1 Å². The molecule has 41 heavy (non-hydrogen) atoms. The first-order valence-electron chi connectivity index (χ1n) is 13.3. The highest BCUT2D eigenvalue weighted by Gasteiger charge is 2.37. The van der Waals surface area contributed by atoms with Crippen molar-refractivity contribution in [1.29, 1.82) is 0 Å². The van der Waals surface area contributed by atoms with Crippen LogP contribution >= 0.6 is 0 Å². The Morgan fingerprint density at radius 1 is 0.829 bits per heavy atom. The predicted molar refractivity (Wildman–Crippen MR) is 156 cm³/mol. The van der Waals surface area contributed by atoms with Gasteiger partial charge in [0.2, 0.25) is 0 Å². The smallest absolute Gasteiger partial charge is 0.421 e.